The van der Waals surface area contributed by atoms with Gasteiger partial charge in [-0.05, 0) is 106 Å². The van der Waals surface area contributed by atoms with Crippen LogP contribution in [0.1, 0.15) is 5.56 Å². The molecule has 1 nitrogen and oxygen atoms in total. The van der Waals surface area contributed by atoms with E-state index in [0.717, 1.165) is 65.7 Å². The van der Waals surface area contributed by atoms with E-state index in [1.54, 1.807) is 0 Å². The van der Waals surface area contributed by atoms with Crippen LogP contribution in [-0.4, -0.2) is 0 Å². The van der Waals surface area contributed by atoms with Crippen molar-refractivity contribution in [2.45, 2.75) is 6.67 Å². The van der Waals surface area contributed by atoms with Gasteiger partial charge in [0.25, 0.3) is 0 Å². The summed E-state index contributed by atoms with van der Waals surface area (Å²) in [6, 6.07) is 57.6. The van der Waals surface area contributed by atoms with Crippen LogP contribution in [0.5, 0.6) is 0 Å². The fraction of sp³-hybridized carbons (Fsp3) is 0.0213. The molecule has 10 rings (SSSR count). The summed E-state index contributed by atoms with van der Waals surface area (Å²) in [5.74, 6) is 0. The highest BCUT2D eigenvalue weighted by Crippen LogP contribution is 2.46. The molecule has 10 aromatic rings. The molecule has 0 aliphatic rings. The summed E-state index contributed by atoms with van der Waals surface area (Å²) >= 11 is 0. The van der Waals surface area contributed by atoms with Gasteiger partial charge < -0.3 is 4.42 Å². The minimum atomic E-state index is -0.505. The maximum atomic E-state index is 14.5. The number of rotatable bonds is 4. The molecule has 0 N–H and O–H groups in total. The largest absolute Gasteiger partial charge is 0.456 e. The van der Waals surface area contributed by atoms with E-state index in [9.17, 15) is 4.39 Å². The second kappa shape index (κ2) is 10.9. The van der Waals surface area contributed by atoms with Crippen molar-refractivity contribution >= 4 is 65.0 Å². The van der Waals surface area contributed by atoms with Crippen LogP contribution in [0.2, 0.25) is 0 Å². The third-order valence-electron chi connectivity index (χ3n) is 10.2. The van der Waals surface area contributed by atoms with Gasteiger partial charge in [0.15, 0.2) is 0 Å². The lowest BCUT2D eigenvalue weighted by Gasteiger charge is -2.17. The van der Waals surface area contributed by atoms with Crippen LogP contribution in [-0.2, 0) is 6.67 Å². The molecule has 1 heterocycles. The Kier molecular flexibility index (Phi) is 6.19. The molecule has 230 valence electrons. The predicted octanol–water partition coefficient (Wildman–Crippen LogP) is 13.7. The summed E-state index contributed by atoms with van der Waals surface area (Å²) in [6.07, 6.45) is 0. The lowest BCUT2D eigenvalue weighted by molar-refractivity contribution is 0.490. The van der Waals surface area contributed by atoms with Crippen molar-refractivity contribution in [1.29, 1.82) is 0 Å². The molecule has 9 aromatic carbocycles. The van der Waals surface area contributed by atoms with Gasteiger partial charge in [-0.25, -0.2) is 4.39 Å². The Balaban J connectivity index is 1.20. The Morgan fingerprint density at radius 2 is 0.755 bits per heavy atom. The molecule has 0 saturated carbocycles. The zero-order valence-electron chi connectivity index (χ0n) is 26.6. The smallest absolute Gasteiger partial charge is 0.136 e. The molecule has 0 aliphatic carbocycles. The van der Waals surface area contributed by atoms with Gasteiger partial charge in [0, 0.05) is 10.8 Å². The van der Waals surface area contributed by atoms with Crippen molar-refractivity contribution in [2.24, 2.45) is 0 Å². The topological polar surface area (TPSA) is 13.1 Å². The molecule has 0 saturated heterocycles. The van der Waals surface area contributed by atoms with Crippen LogP contribution in [0, 0.1) is 0 Å². The van der Waals surface area contributed by atoms with E-state index in [4.69, 9.17) is 4.42 Å². The van der Waals surface area contributed by atoms with Crippen molar-refractivity contribution in [2.75, 3.05) is 0 Å². The summed E-state index contributed by atoms with van der Waals surface area (Å²) in [5, 5.41) is 11.1. The Morgan fingerprint density at radius 3 is 1.29 bits per heavy atom. The first-order valence-corrected chi connectivity index (χ1v) is 16.7. The molecule has 2 heteroatoms. The highest BCUT2D eigenvalue weighted by molar-refractivity contribution is 6.22. The average Bonchev–Trinajstić information content (AvgIpc) is 3.53. The summed E-state index contributed by atoms with van der Waals surface area (Å²) in [4.78, 5) is 0. The van der Waals surface area contributed by atoms with Gasteiger partial charge in [-0.1, -0.05) is 140 Å². The Morgan fingerprint density at radius 1 is 0.327 bits per heavy atom. The molecule has 49 heavy (non-hydrogen) atoms. The first kappa shape index (κ1) is 27.8. The molecule has 0 bridgehead atoms. The second-order valence-corrected chi connectivity index (χ2v) is 12.8. The summed E-state index contributed by atoms with van der Waals surface area (Å²) < 4.78 is 21.1. The zero-order valence-corrected chi connectivity index (χ0v) is 26.6. The molecular weight excluding hydrogens is 600 g/mol. The number of hydrogen-bond acceptors (Lipinski definition) is 1. The monoisotopic (exact) mass is 628 g/mol. The molecular formula is C47H29FO. The second-order valence-electron chi connectivity index (χ2n) is 12.8. The molecule has 0 radical (unpaired) electrons. The lowest BCUT2D eigenvalue weighted by atomic mass is 9.86. The van der Waals surface area contributed by atoms with Gasteiger partial charge >= 0.3 is 0 Å². The van der Waals surface area contributed by atoms with E-state index in [0.29, 0.717) is 0 Å². The van der Waals surface area contributed by atoms with E-state index in [1.165, 1.54) is 38.2 Å². The number of benzene rings is 9. The van der Waals surface area contributed by atoms with E-state index >= 15 is 0 Å². The van der Waals surface area contributed by atoms with Crippen molar-refractivity contribution < 1.29 is 8.81 Å². The van der Waals surface area contributed by atoms with Crippen molar-refractivity contribution in [3.63, 3.8) is 0 Å². The minimum Gasteiger partial charge on any atom is -0.456 e. The molecule has 0 atom stereocenters. The number of hydrogen-bond donors (Lipinski definition) is 0. The third kappa shape index (κ3) is 4.17. The quantitative estimate of drug-likeness (QED) is 0.177. The Labute approximate surface area is 282 Å². The summed E-state index contributed by atoms with van der Waals surface area (Å²) in [6.45, 7) is -0.505. The SMILES string of the molecule is FCc1c2ccccc2c(-c2ccc3oc4cc(-c5c6ccccc6c(-c6ccccc6)c6ccccc56)ccc4c3c2)c2ccccc12. The first-order valence-electron chi connectivity index (χ1n) is 16.7. The fourth-order valence-corrected chi connectivity index (χ4v) is 8.12. The van der Waals surface area contributed by atoms with E-state index in [1.807, 2.05) is 36.4 Å². The molecule has 0 spiro atoms. The van der Waals surface area contributed by atoms with E-state index in [2.05, 4.69) is 127 Å². The van der Waals surface area contributed by atoms with Crippen LogP contribution in [0.15, 0.2) is 168 Å². The van der Waals surface area contributed by atoms with Crippen molar-refractivity contribution in [3.05, 3.63) is 169 Å². The third-order valence-corrected chi connectivity index (χ3v) is 10.2. The van der Waals surface area contributed by atoms with Gasteiger partial charge in [-0.2, -0.15) is 0 Å². The van der Waals surface area contributed by atoms with E-state index in [-0.39, 0.29) is 0 Å². The van der Waals surface area contributed by atoms with Crippen LogP contribution in [0.4, 0.5) is 4.39 Å². The van der Waals surface area contributed by atoms with Crippen LogP contribution >= 0.6 is 0 Å². The van der Waals surface area contributed by atoms with Crippen LogP contribution < -0.4 is 0 Å². The number of halogens is 1. The lowest BCUT2D eigenvalue weighted by Crippen LogP contribution is -1.91. The minimum absolute atomic E-state index is 0.505. The van der Waals surface area contributed by atoms with Crippen molar-refractivity contribution in [3.8, 4) is 33.4 Å². The maximum absolute atomic E-state index is 14.5. The Hall–Kier alpha value is -6.25. The number of fused-ring (bicyclic) bond motifs is 7. The maximum Gasteiger partial charge on any atom is 0.136 e. The highest BCUT2D eigenvalue weighted by Gasteiger charge is 2.19. The summed E-state index contributed by atoms with van der Waals surface area (Å²) in [5.41, 5.74) is 9.45. The van der Waals surface area contributed by atoms with E-state index < -0.39 is 6.67 Å². The number of alkyl halides is 1. The molecule has 1 aromatic heterocycles. The van der Waals surface area contributed by atoms with Gasteiger partial charge in [0.05, 0.1) is 0 Å². The van der Waals surface area contributed by atoms with Gasteiger partial charge in [-0.15, -0.1) is 0 Å². The average molecular weight is 629 g/mol. The van der Waals surface area contributed by atoms with Gasteiger partial charge in [0.1, 0.15) is 17.8 Å². The van der Waals surface area contributed by atoms with Crippen LogP contribution in [0.25, 0.3) is 98.4 Å². The normalized spacial score (nSPS) is 11.9. The molecule has 0 aliphatic heterocycles. The Bertz CT molecular complexity index is 2800. The molecule has 0 amide bonds. The fourth-order valence-electron chi connectivity index (χ4n) is 8.12. The van der Waals surface area contributed by atoms with Crippen LogP contribution in [0.3, 0.4) is 0 Å². The summed E-state index contributed by atoms with van der Waals surface area (Å²) in [7, 11) is 0. The zero-order chi connectivity index (χ0) is 32.5. The molecule has 0 fully saturated rings. The highest BCUT2D eigenvalue weighted by atomic mass is 19.1. The number of furan rings is 1. The predicted molar refractivity (Wildman–Crippen MR) is 205 cm³/mol. The van der Waals surface area contributed by atoms with Gasteiger partial charge in [0.2, 0.25) is 0 Å². The standard InChI is InChI=1S/C47H29FO/c48-28-42-32-14-4-6-16-35(32)46(36-17-7-5-15-33(36)42)30-23-25-43-41(26-30)34-24-22-31(27-44(34)49-43)47-39-20-10-8-18-37(39)45(29-12-2-1-3-13-29)38-19-9-11-21-40(38)47/h1-27H,28H2. The van der Waals surface area contributed by atoms with Gasteiger partial charge in [-0.3, -0.25) is 0 Å². The molecule has 0 unspecified atom stereocenters. The first-order chi connectivity index (χ1) is 24.3. The van der Waals surface area contributed by atoms with Crippen molar-refractivity contribution in [1.82, 2.24) is 0 Å².